The highest BCUT2D eigenvalue weighted by Gasteiger charge is 2.20. The molecule has 3 nitrogen and oxygen atoms in total. The van der Waals surface area contributed by atoms with Gasteiger partial charge in [0, 0.05) is 35.3 Å². The molecule has 5 rings (SSSR count). The Bertz CT molecular complexity index is 1110. The number of aliphatic imine (C=N–C) groups is 1. The molecule has 1 atom stereocenters. The molecule has 0 saturated carbocycles. The second-order valence-corrected chi connectivity index (χ2v) is 6.42. The van der Waals surface area contributed by atoms with Gasteiger partial charge < -0.3 is 9.30 Å². The van der Waals surface area contributed by atoms with Crippen LogP contribution < -0.4 is 0 Å². The molecule has 2 heterocycles. The summed E-state index contributed by atoms with van der Waals surface area (Å²) in [7, 11) is 0. The minimum absolute atomic E-state index is 0.190. The van der Waals surface area contributed by atoms with Crippen LogP contribution >= 0.6 is 0 Å². The van der Waals surface area contributed by atoms with Gasteiger partial charge in [0.25, 0.3) is 0 Å². The normalized spacial score (nSPS) is 17.5. The zero-order chi connectivity index (χ0) is 16.1. The van der Waals surface area contributed by atoms with E-state index in [0.717, 1.165) is 12.4 Å². The van der Waals surface area contributed by atoms with E-state index in [9.17, 15) is 0 Å². The molecule has 4 aromatic rings. The number of rotatable bonds is 2. The molecular formula is C21H18N2O. The number of hydrogen-bond acceptors (Lipinski definition) is 2. The van der Waals surface area contributed by atoms with Gasteiger partial charge in [-0.1, -0.05) is 48.5 Å². The van der Waals surface area contributed by atoms with E-state index in [1.165, 1.54) is 32.6 Å². The molecule has 0 radical (unpaired) electrons. The summed E-state index contributed by atoms with van der Waals surface area (Å²) in [6.45, 7) is 3.45. The van der Waals surface area contributed by atoms with Crippen molar-refractivity contribution in [3.8, 4) is 0 Å². The van der Waals surface area contributed by atoms with Crippen molar-refractivity contribution in [2.75, 3.05) is 6.61 Å². The predicted octanol–water partition coefficient (Wildman–Crippen LogP) is 4.76. The van der Waals surface area contributed by atoms with E-state index >= 15 is 0 Å². The van der Waals surface area contributed by atoms with Gasteiger partial charge in [0.2, 0.25) is 0 Å². The molecule has 0 fully saturated rings. The Balaban J connectivity index is 1.83. The maximum atomic E-state index is 5.55. The van der Waals surface area contributed by atoms with Crippen LogP contribution in [0.5, 0.6) is 0 Å². The second-order valence-electron chi connectivity index (χ2n) is 6.42. The Morgan fingerprint density at radius 1 is 0.958 bits per heavy atom. The number of para-hydroxylation sites is 1. The molecule has 1 aliphatic heterocycles. The van der Waals surface area contributed by atoms with E-state index in [1.807, 2.05) is 6.92 Å². The third-order valence-electron chi connectivity index (χ3n) is 4.90. The van der Waals surface area contributed by atoms with E-state index in [2.05, 4.69) is 70.2 Å². The second kappa shape index (κ2) is 5.10. The quantitative estimate of drug-likeness (QED) is 0.524. The van der Waals surface area contributed by atoms with Gasteiger partial charge >= 0.3 is 0 Å². The Hall–Kier alpha value is -2.81. The number of aromatic nitrogens is 1. The molecule has 0 saturated heterocycles. The van der Waals surface area contributed by atoms with Crippen LogP contribution in [0.1, 0.15) is 6.92 Å². The standard InChI is InChI=1S/C21H18N2O/c1-14-22-16(13-24-14)12-23-19-9-5-4-8-18(19)21-17-7-3-2-6-15(17)10-11-20(21)23/h2-11,16H,12-13H2,1H3/t16-/m0/s1. The maximum Gasteiger partial charge on any atom is 0.180 e. The highest BCUT2D eigenvalue weighted by molar-refractivity contribution is 6.20. The average molecular weight is 314 g/mol. The van der Waals surface area contributed by atoms with Crippen LogP contribution in [0.3, 0.4) is 0 Å². The first kappa shape index (κ1) is 13.6. The molecule has 1 aliphatic rings. The van der Waals surface area contributed by atoms with Crippen LogP contribution in [0.15, 0.2) is 65.7 Å². The predicted molar refractivity (Wildman–Crippen MR) is 99.8 cm³/mol. The molecule has 0 N–H and O–H groups in total. The highest BCUT2D eigenvalue weighted by Crippen LogP contribution is 2.35. The van der Waals surface area contributed by atoms with Crippen molar-refractivity contribution >= 4 is 38.5 Å². The largest absolute Gasteiger partial charge is 0.479 e. The van der Waals surface area contributed by atoms with Crippen LogP contribution in [0, 0.1) is 0 Å². The SMILES string of the molecule is CC1=N[C@@H](Cn2c3ccccc3c3c4ccccc4ccc32)CO1. The lowest BCUT2D eigenvalue weighted by atomic mass is 10.0. The van der Waals surface area contributed by atoms with Crippen molar-refractivity contribution in [2.45, 2.75) is 19.5 Å². The lowest BCUT2D eigenvalue weighted by Gasteiger charge is -2.10. The number of benzene rings is 3. The molecule has 0 amide bonds. The van der Waals surface area contributed by atoms with Crippen molar-refractivity contribution in [1.29, 1.82) is 0 Å². The Labute approximate surface area is 140 Å². The van der Waals surface area contributed by atoms with Gasteiger partial charge in [0.15, 0.2) is 5.90 Å². The van der Waals surface area contributed by atoms with Crippen LogP contribution in [-0.2, 0) is 11.3 Å². The topological polar surface area (TPSA) is 26.5 Å². The summed E-state index contributed by atoms with van der Waals surface area (Å²) in [5.74, 6) is 0.797. The summed E-state index contributed by atoms with van der Waals surface area (Å²) < 4.78 is 7.94. The molecule has 0 unspecified atom stereocenters. The summed E-state index contributed by atoms with van der Waals surface area (Å²) >= 11 is 0. The van der Waals surface area contributed by atoms with E-state index < -0.39 is 0 Å². The van der Waals surface area contributed by atoms with Gasteiger partial charge in [0.05, 0.1) is 0 Å². The van der Waals surface area contributed by atoms with Crippen molar-refractivity contribution in [2.24, 2.45) is 4.99 Å². The molecular weight excluding hydrogens is 296 g/mol. The first-order valence-electron chi connectivity index (χ1n) is 8.37. The number of nitrogens with zero attached hydrogens (tertiary/aromatic N) is 2. The summed E-state index contributed by atoms with van der Waals surface area (Å²) in [6.07, 6.45) is 0. The van der Waals surface area contributed by atoms with Gasteiger partial charge in [-0.3, -0.25) is 0 Å². The summed E-state index contributed by atoms with van der Waals surface area (Å²) in [5.41, 5.74) is 2.54. The summed E-state index contributed by atoms with van der Waals surface area (Å²) in [6, 6.07) is 21.9. The summed E-state index contributed by atoms with van der Waals surface area (Å²) in [5, 5.41) is 5.24. The molecule has 24 heavy (non-hydrogen) atoms. The Morgan fingerprint density at radius 2 is 1.75 bits per heavy atom. The van der Waals surface area contributed by atoms with Crippen molar-refractivity contribution in [3.05, 3.63) is 60.7 Å². The molecule has 3 heteroatoms. The van der Waals surface area contributed by atoms with Gasteiger partial charge in [-0.15, -0.1) is 0 Å². The van der Waals surface area contributed by atoms with Crippen molar-refractivity contribution in [1.82, 2.24) is 4.57 Å². The zero-order valence-corrected chi connectivity index (χ0v) is 13.6. The number of ether oxygens (including phenoxy) is 1. The van der Waals surface area contributed by atoms with Crippen LogP contribution in [0.4, 0.5) is 0 Å². The molecule has 0 aliphatic carbocycles. The first-order chi connectivity index (χ1) is 11.8. The number of fused-ring (bicyclic) bond motifs is 5. The van der Waals surface area contributed by atoms with E-state index in [1.54, 1.807) is 0 Å². The smallest absolute Gasteiger partial charge is 0.180 e. The molecule has 118 valence electrons. The zero-order valence-electron chi connectivity index (χ0n) is 13.6. The fraction of sp³-hybridized carbons (Fsp3) is 0.190. The van der Waals surface area contributed by atoms with Crippen LogP contribution in [0.2, 0.25) is 0 Å². The van der Waals surface area contributed by atoms with Gasteiger partial charge in [-0.25, -0.2) is 4.99 Å². The monoisotopic (exact) mass is 314 g/mol. The molecule has 0 bridgehead atoms. The number of hydrogen-bond donors (Lipinski definition) is 0. The first-order valence-corrected chi connectivity index (χ1v) is 8.37. The Kier molecular flexibility index (Phi) is 2.89. The van der Waals surface area contributed by atoms with Gasteiger partial charge in [0.1, 0.15) is 12.6 Å². The lowest BCUT2D eigenvalue weighted by Crippen LogP contribution is -2.15. The average Bonchev–Trinajstić information content (AvgIpc) is 3.17. The van der Waals surface area contributed by atoms with Gasteiger partial charge in [-0.2, -0.15) is 0 Å². The highest BCUT2D eigenvalue weighted by atomic mass is 16.5. The van der Waals surface area contributed by atoms with Crippen molar-refractivity contribution < 1.29 is 4.74 Å². The van der Waals surface area contributed by atoms with Crippen LogP contribution in [-0.4, -0.2) is 23.1 Å². The molecule has 1 aromatic heterocycles. The lowest BCUT2D eigenvalue weighted by molar-refractivity contribution is 0.305. The molecule has 3 aromatic carbocycles. The van der Waals surface area contributed by atoms with Crippen molar-refractivity contribution in [3.63, 3.8) is 0 Å². The van der Waals surface area contributed by atoms with Gasteiger partial charge in [-0.05, 0) is 22.9 Å². The van der Waals surface area contributed by atoms with E-state index in [4.69, 9.17) is 4.74 Å². The minimum atomic E-state index is 0.190. The Morgan fingerprint density at radius 3 is 2.58 bits per heavy atom. The fourth-order valence-electron chi connectivity index (χ4n) is 3.87. The molecule has 0 spiro atoms. The third kappa shape index (κ3) is 1.94. The maximum absolute atomic E-state index is 5.55. The van der Waals surface area contributed by atoms with Crippen LogP contribution in [0.25, 0.3) is 32.6 Å². The minimum Gasteiger partial charge on any atom is -0.479 e. The van der Waals surface area contributed by atoms with E-state index in [-0.39, 0.29) is 6.04 Å². The summed E-state index contributed by atoms with van der Waals surface area (Å²) in [4.78, 5) is 4.61. The fourth-order valence-corrected chi connectivity index (χ4v) is 3.87. The third-order valence-corrected chi connectivity index (χ3v) is 4.90. The van der Waals surface area contributed by atoms with E-state index in [0.29, 0.717) is 6.61 Å².